The van der Waals surface area contributed by atoms with Crippen molar-refractivity contribution in [1.29, 1.82) is 0 Å². The molecule has 2 aliphatic rings. The molecule has 2 heterocycles. The monoisotopic (exact) mass is 407 g/mol. The third-order valence-electron chi connectivity index (χ3n) is 6.45. The highest BCUT2D eigenvalue weighted by Gasteiger charge is 2.23. The predicted octanol–water partition coefficient (Wildman–Crippen LogP) is 3.38. The van der Waals surface area contributed by atoms with E-state index in [1.807, 2.05) is 11.0 Å². The second-order valence-electron chi connectivity index (χ2n) is 8.62. The Hall–Kier alpha value is -2.37. The Labute approximate surface area is 179 Å². The third-order valence-corrected chi connectivity index (χ3v) is 6.45. The molecule has 4 rings (SSSR count). The number of amides is 2. The molecule has 2 N–H and O–H groups in total. The van der Waals surface area contributed by atoms with Gasteiger partial charge in [-0.3, -0.25) is 4.90 Å². The summed E-state index contributed by atoms with van der Waals surface area (Å²) >= 11 is 0. The lowest BCUT2D eigenvalue weighted by atomic mass is 9.92. The number of hydrogen-bond acceptors (Lipinski definition) is 3. The number of aliphatic hydroxyl groups excluding tert-OH is 1. The zero-order valence-corrected chi connectivity index (χ0v) is 17.7. The maximum absolute atomic E-state index is 12.6. The number of nitrogens with zero attached hydrogens (tertiary/aromatic N) is 2. The van der Waals surface area contributed by atoms with Crippen molar-refractivity contribution >= 4 is 6.03 Å². The molecular weight excluding hydrogens is 374 g/mol. The topological polar surface area (TPSA) is 55.8 Å². The molecule has 2 aliphatic heterocycles. The molecule has 1 saturated heterocycles. The van der Waals surface area contributed by atoms with Crippen molar-refractivity contribution in [2.24, 2.45) is 0 Å². The average molecular weight is 408 g/mol. The first kappa shape index (κ1) is 20.9. The Kier molecular flexibility index (Phi) is 7.03. The van der Waals surface area contributed by atoms with Crippen molar-refractivity contribution in [3.8, 4) is 0 Å². The van der Waals surface area contributed by atoms with E-state index in [0.717, 1.165) is 51.9 Å². The fourth-order valence-corrected chi connectivity index (χ4v) is 4.75. The van der Waals surface area contributed by atoms with Gasteiger partial charge in [-0.15, -0.1) is 0 Å². The number of aliphatic hydroxyl groups is 1. The summed E-state index contributed by atoms with van der Waals surface area (Å²) in [5.41, 5.74) is 4.13. The fourth-order valence-electron chi connectivity index (χ4n) is 4.75. The molecule has 0 aromatic heterocycles. The van der Waals surface area contributed by atoms with Crippen molar-refractivity contribution in [3.05, 3.63) is 71.3 Å². The van der Waals surface area contributed by atoms with E-state index in [9.17, 15) is 9.90 Å². The number of nitrogens with one attached hydrogen (secondary N) is 1. The van der Waals surface area contributed by atoms with E-state index in [1.54, 1.807) is 0 Å². The van der Waals surface area contributed by atoms with E-state index >= 15 is 0 Å². The van der Waals surface area contributed by atoms with Gasteiger partial charge in [0.15, 0.2) is 0 Å². The van der Waals surface area contributed by atoms with Gasteiger partial charge in [0.05, 0.1) is 6.10 Å². The number of β-amino-alcohol motifs (C(OH)–C–C–N with tert-alkyl or cyclic N) is 1. The lowest BCUT2D eigenvalue weighted by Crippen LogP contribution is -2.46. The molecule has 30 heavy (non-hydrogen) atoms. The van der Waals surface area contributed by atoms with Gasteiger partial charge in [-0.25, -0.2) is 4.79 Å². The molecule has 0 saturated carbocycles. The minimum Gasteiger partial charge on any atom is -0.390 e. The van der Waals surface area contributed by atoms with Gasteiger partial charge in [0, 0.05) is 39.3 Å². The Morgan fingerprint density at radius 1 is 1.00 bits per heavy atom. The fraction of sp³-hybridized carbons (Fsp3) is 0.480. The first-order chi connectivity index (χ1) is 14.7. The molecule has 2 aromatic carbocycles. The summed E-state index contributed by atoms with van der Waals surface area (Å²) < 4.78 is 0. The van der Waals surface area contributed by atoms with Gasteiger partial charge in [0.1, 0.15) is 0 Å². The number of benzene rings is 2. The predicted molar refractivity (Wildman–Crippen MR) is 119 cm³/mol. The SMILES string of the molecule is O=C(NCC(O)CN1CCc2ccccc2C1)N1CCCC(c2ccccc2)CC1. The van der Waals surface area contributed by atoms with E-state index < -0.39 is 6.10 Å². The van der Waals surface area contributed by atoms with Crippen LogP contribution in [0.1, 0.15) is 41.9 Å². The van der Waals surface area contributed by atoms with E-state index in [2.05, 4.69) is 58.7 Å². The molecule has 2 amide bonds. The van der Waals surface area contributed by atoms with Crippen molar-refractivity contribution in [1.82, 2.24) is 15.1 Å². The molecule has 0 radical (unpaired) electrons. The lowest BCUT2D eigenvalue weighted by molar-refractivity contribution is 0.103. The molecule has 0 spiro atoms. The van der Waals surface area contributed by atoms with Crippen molar-refractivity contribution in [2.75, 3.05) is 32.7 Å². The minimum atomic E-state index is -0.553. The molecule has 5 heteroatoms. The first-order valence-electron chi connectivity index (χ1n) is 11.2. The summed E-state index contributed by atoms with van der Waals surface area (Å²) in [5, 5.41) is 13.4. The van der Waals surface area contributed by atoms with Gasteiger partial charge in [-0.1, -0.05) is 54.6 Å². The Morgan fingerprint density at radius 2 is 1.77 bits per heavy atom. The van der Waals surface area contributed by atoms with E-state index in [1.165, 1.54) is 16.7 Å². The minimum absolute atomic E-state index is 0.0493. The van der Waals surface area contributed by atoms with E-state index in [0.29, 0.717) is 19.0 Å². The van der Waals surface area contributed by atoms with Gasteiger partial charge >= 0.3 is 6.03 Å². The number of rotatable bonds is 5. The smallest absolute Gasteiger partial charge is 0.317 e. The zero-order chi connectivity index (χ0) is 20.8. The Morgan fingerprint density at radius 3 is 2.60 bits per heavy atom. The molecule has 5 nitrogen and oxygen atoms in total. The van der Waals surface area contributed by atoms with Gasteiger partial charge < -0.3 is 15.3 Å². The van der Waals surface area contributed by atoms with Gasteiger partial charge in [0.2, 0.25) is 0 Å². The molecule has 2 aromatic rings. The van der Waals surface area contributed by atoms with Crippen LogP contribution in [0.25, 0.3) is 0 Å². The largest absolute Gasteiger partial charge is 0.390 e. The van der Waals surface area contributed by atoms with Crippen LogP contribution in [0.2, 0.25) is 0 Å². The van der Waals surface area contributed by atoms with Crippen LogP contribution in [0.4, 0.5) is 4.79 Å². The summed E-state index contributed by atoms with van der Waals surface area (Å²) in [4.78, 5) is 16.8. The van der Waals surface area contributed by atoms with Crippen molar-refractivity contribution in [3.63, 3.8) is 0 Å². The number of carbonyl (C=O) groups excluding carboxylic acids is 1. The summed E-state index contributed by atoms with van der Waals surface area (Å²) in [7, 11) is 0. The number of carbonyl (C=O) groups is 1. The van der Waals surface area contributed by atoms with Gasteiger partial charge in [-0.05, 0) is 48.3 Å². The highest BCUT2D eigenvalue weighted by Crippen LogP contribution is 2.27. The van der Waals surface area contributed by atoms with Crippen LogP contribution in [-0.4, -0.2) is 59.8 Å². The normalized spacial score (nSPS) is 20.8. The first-order valence-corrected chi connectivity index (χ1v) is 11.2. The number of likely N-dealkylation sites (tertiary alicyclic amines) is 1. The van der Waals surface area contributed by atoms with Gasteiger partial charge in [0.25, 0.3) is 0 Å². The molecule has 2 unspecified atom stereocenters. The Balaban J connectivity index is 1.21. The molecule has 1 fully saturated rings. The van der Waals surface area contributed by atoms with Crippen LogP contribution in [0.5, 0.6) is 0 Å². The summed E-state index contributed by atoms with van der Waals surface area (Å²) in [6.45, 7) is 4.27. The van der Waals surface area contributed by atoms with Crippen LogP contribution in [0.15, 0.2) is 54.6 Å². The second-order valence-corrected chi connectivity index (χ2v) is 8.62. The van der Waals surface area contributed by atoms with Crippen LogP contribution >= 0.6 is 0 Å². The molecule has 2 atom stereocenters. The summed E-state index contributed by atoms with van der Waals surface area (Å²) in [6.07, 6.45) is 3.59. The van der Waals surface area contributed by atoms with Crippen LogP contribution in [0.3, 0.4) is 0 Å². The molecule has 160 valence electrons. The zero-order valence-electron chi connectivity index (χ0n) is 17.7. The van der Waals surface area contributed by atoms with E-state index in [-0.39, 0.29) is 6.03 Å². The Bertz CT molecular complexity index is 826. The highest BCUT2D eigenvalue weighted by atomic mass is 16.3. The van der Waals surface area contributed by atoms with Crippen molar-refractivity contribution in [2.45, 2.75) is 44.2 Å². The standard InChI is InChI=1S/C25H33N3O2/c29-24(19-27-15-12-22-9-4-5-10-23(22)18-27)17-26-25(30)28-14-6-11-21(13-16-28)20-7-2-1-3-8-20/h1-5,7-10,21,24,29H,6,11-19H2,(H,26,30). The number of hydrogen-bond donors (Lipinski definition) is 2. The third kappa shape index (κ3) is 5.41. The summed E-state index contributed by atoms with van der Waals surface area (Å²) in [6, 6.07) is 19.1. The maximum Gasteiger partial charge on any atom is 0.317 e. The van der Waals surface area contributed by atoms with Crippen LogP contribution in [0, 0.1) is 0 Å². The molecule has 0 aliphatic carbocycles. The van der Waals surface area contributed by atoms with Crippen LogP contribution in [-0.2, 0) is 13.0 Å². The number of fused-ring (bicyclic) bond motifs is 1. The van der Waals surface area contributed by atoms with E-state index in [4.69, 9.17) is 0 Å². The molecule has 0 bridgehead atoms. The highest BCUT2D eigenvalue weighted by molar-refractivity contribution is 5.74. The maximum atomic E-state index is 12.6. The summed E-state index contributed by atoms with van der Waals surface area (Å²) in [5.74, 6) is 0.525. The second kappa shape index (κ2) is 10.1. The quantitative estimate of drug-likeness (QED) is 0.799. The lowest BCUT2D eigenvalue weighted by Gasteiger charge is -2.30. The van der Waals surface area contributed by atoms with Crippen molar-refractivity contribution < 1.29 is 9.90 Å². The number of urea groups is 1. The molecular formula is C25H33N3O2. The van der Waals surface area contributed by atoms with Crippen LogP contribution < -0.4 is 5.32 Å². The average Bonchev–Trinajstić information content (AvgIpc) is 3.04. The van der Waals surface area contributed by atoms with Gasteiger partial charge in [-0.2, -0.15) is 0 Å².